The van der Waals surface area contributed by atoms with E-state index < -0.39 is 12.2 Å². The highest BCUT2D eigenvalue weighted by Crippen LogP contribution is 2.23. The molecule has 1 fully saturated rings. The largest absolute Gasteiger partial charge is 0.497 e. The van der Waals surface area contributed by atoms with E-state index in [4.69, 9.17) is 10.5 Å². The van der Waals surface area contributed by atoms with Crippen molar-refractivity contribution in [1.82, 2.24) is 4.90 Å². The first-order chi connectivity index (χ1) is 8.52. The Morgan fingerprint density at radius 2 is 2.00 bits per heavy atom. The van der Waals surface area contributed by atoms with Gasteiger partial charge in [0, 0.05) is 18.8 Å². The molecule has 2 rings (SSSR count). The number of hydrogen-bond donors (Lipinski definition) is 3. The maximum atomic E-state index is 12.2. The Morgan fingerprint density at radius 1 is 1.39 bits per heavy atom. The molecule has 1 aliphatic heterocycles. The van der Waals surface area contributed by atoms with Crippen molar-refractivity contribution in [2.75, 3.05) is 25.9 Å². The summed E-state index contributed by atoms with van der Waals surface area (Å²) in [5.74, 6) is 0.217. The van der Waals surface area contributed by atoms with Crippen molar-refractivity contribution in [3.05, 3.63) is 23.8 Å². The van der Waals surface area contributed by atoms with Gasteiger partial charge in [-0.25, -0.2) is 0 Å². The normalized spacial score (nSPS) is 23.2. The smallest absolute Gasteiger partial charge is 0.256 e. The zero-order valence-corrected chi connectivity index (χ0v) is 10.0. The van der Waals surface area contributed by atoms with Crippen LogP contribution in [-0.4, -0.2) is 53.4 Å². The van der Waals surface area contributed by atoms with Crippen LogP contribution in [0.4, 0.5) is 5.69 Å². The van der Waals surface area contributed by atoms with E-state index in [-0.39, 0.29) is 19.0 Å². The molecule has 2 unspecified atom stereocenters. The summed E-state index contributed by atoms with van der Waals surface area (Å²) in [4.78, 5) is 13.6. The topological polar surface area (TPSA) is 96.0 Å². The number of ether oxygens (including phenoxy) is 1. The third-order valence-electron chi connectivity index (χ3n) is 3.04. The van der Waals surface area contributed by atoms with Crippen LogP contribution < -0.4 is 10.5 Å². The number of aliphatic hydroxyl groups is 2. The Morgan fingerprint density at radius 3 is 2.56 bits per heavy atom. The molecule has 1 heterocycles. The zero-order valence-electron chi connectivity index (χ0n) is 10.0. The second-order valence-electron chi connectivity index (χ2n) is 4.30. The lowest BCUT2D eigenvalue weighted by atomic mass is 10.1. The van der Waals surface area contributed by atoms with Crippen LogP contribution in [0, 0.1) is 0 Å². The molecule has 6 nitrogen and oxygen atoms in total. The number of amides is 1. The summed E-state index contributed by atoms with van der Waals surface area (Å²) >= 11 is 0. The van der Waals surface area contributed by atoms with Crippen LogP contribution in [0.15, 0.2) is 18.2 Å². The molecule has 1 saturated heterocycles. The van der Waals surface area contributed by atoms with E-state index in [1.54, 1.807) is 18.2 Å². The molecule has 1 amide bonds. The Hall–Kier alpha value is -1.79. The molecule has 1 aromatic carbocycles. The summed E-state index contributed by atoms with van der Waals surface area (Å²) in [5.41, 5.74) is 6.41. The van der Waals surface area contributed by atoms with Crippen molar-refractivity contribution in [3.8, 4) is 5.75 Å². The lowest BCUT2D eigenvalue weighted by molar-refractivity contribution is 0.0572. The third-order valence-corrected chi connectivity index (χ3v) is 3.04. The van der Waals surface area contributed by atoms with Crippen molar-refractivity contribution in [3.63, 3.8) is 0 Å². The molecule has 0 aromatic heterocycles. The van der Waals surface area contributed by atoms with Crippen molar-refractivity contribution >= 4 is 11.6 Å². The van der Waals surface area contributed by atoms with Gasteiger partial charge in [0.05, 0.1) is 24.9 Å². The second-order valence-corrected chi connectivity index (χ2v) is 4.30. The predicted molar refractivity (Wildman–Crippen MR) is 65.3 cm³/mol. The Balaban J connectivity index is 2.23. The summed E-state index contributed by atoms with van der Waals surface area (Å²) < 4.78 is 5.04. The third kappa shape index (κ3) is 2.25. The Kier molecular flexibility index (Phi) is 3.40. The number of anilines is 1. The zero-order chi connectivity index (χ0) is 13.3. The minimum absolute atomic E-state index is 0.108. The van der Waals surface area contributed by atoms with Gasteiger partial charge in [-0.15, -0.1) is 0 Å². The van der Waals surface area contributed by atoms with Gasteiger partial charge in [-0.3, -0.25) is 4.79 Å². The first kappa shape index (κ1) is 12.7. The minimum Gasteiger partial charge on any atom is -0.497 e. The number of rotatable bonds is 2. The van der Waals surface area contributed by atoms with Crippen LogP contribution in [0.2, 0.25) is 0 Å². The van der Waals surface area contributed by atoms with Crippen LogP contribution in [-0.2, 0) is 0 Å². The van der Waals surface area contributed by atoms with E-state index in [1.807, 2.05) is 0 Å². The molecule has 2 atom stereocenters. The van der Waals surface area contributed by atoms with E-state index in [0.29, 0.717) is 17.0 Å². The quantitative estimate of drug-likeness (QED) is 0.614. The summed E-state index contributed by atoms with van der Waals surface area (Å²) in [6, 6.07) is 4.81. The highest BCUT2D eigenvalue weighted by atomic mass is 16.5. The van der Waals surface area contributed by atoms with Crippen LogP contribution in [0.25, 0.3) is 0 Å². The summed E-state index contributed by atoms with van der Waals surface area (Å²) in [5, 5.41) is 18.9. The standard InChI is InChI=1S/C12H16N2O4/c1-18-7-2-3-9(13)8(4-7)12(17)14-5-10(15)11(16)6-14/h2-4,10-11,15-16H,5-6,13H2,1H3. The number of benzene rings is 1. The number of aliphatic hydroxyl groups excluding tert-OH is 2. The van der Waals surface area contributed by atoms with Gasteiger partial charge < -0.3 is 25.6 Å². The molecule has 0 saturated carbocycles. The molecule has 1 aromatic rings. The Labute approximate surface area is 105 Å². The second kappa shape index (κ2) is 4.83. The molecule has 1 aliphatic rings. The first-order valence-corrected chi connectivity index (χ1v) is 5.62. The lowest BCUT2D eigenvalue weighted by Gasteiger charge is -2.17. The number of hydrogen-bond acceptors (Lipinski definition) is 5. The van der Waals surface area contributed by atoms with Crippen LogP contribution >= 0.6 is 0 Å². The van der Waals surface area contributed by atoms with Gasteiger partial charge >= 0.3 is 0 Å². The fourth-order valence-corrected chi connectivity index (χ4v) is 1.95. The molecule has 0 aliphatic carbocycles. The maximum absolute atomic E-state index is 12.2. The number of methoxy groups -OCH3 is 1. The number of carbonyl (C=O) groups excluding carboxylic acids is 1. The predicted octanol–water partition coefficient (Wildman–Crippen LogP) is -0.545. The van der Waals surface area contributed by atoms with Crippen molar-refractivity contribution < 1.29 is 19.7 Å². The van der Waals surface area contributed by atoms with Crippen molar-refractivity contribution in [2.24, 2.45) is 0 Å². The average molecular weight is 252 g/mol. The van der Waals surface area contributed by atoms with Crippen molar-refractivity contribution in [2.45, 2.75) is 12.2 Å². The molecule has 0 bridgehead atoms. The van der Waals surface area contributed by atoms with Gasteiger partial charge in [-0.2, -0.15) is 0 Å². The van der Waals surface area contributed by atoms with E-state index >= 15 is 0 Å². The van der Waals surface area contributed by atoms with Gasteiger partial charge in [-0.1, -0.05) is 0 Å². The SMILES string of the molecule is COc1ccc(N)c(C(=O)N2CC(O)C(O)C2)c1. The summed E-state index contributed by atoms with van der Waals surface area (Å²) in [6.07, 6.45) is -1.80. The Bertz CT molecular complexity index is 453. The monoisotopic (exact) mass is 252 g/mol. The lowest BCUT2D eigenvalue weighted by Crippen LogP contribution is -2.30. The number of nitrogens with two attached hydrogens (primary N) is 1. The summed E-state index contributed by atoms with van der Waals surface area (Å²) in [7, 11) is 1.50. The summed E-state index contributed by atoms with van der Waals surface area (Å²) in [6.45, 7) is 0.216. The van der Waals surface area contributed by atoms with Gasteiger partial charge in [-0.05, 0) is 18.2 Å². The molecule has 4 N–H and O–H groups in total. The minimum atomic E-state index is -0.902. The highest BCUT2D eigenvalue weighted by Gasteiger charge is 2.33. The average Bonchev–Trinajstić information content (AvgIpc) is 2.69. The molecular formula is C12H16N2O4. The van der Waals surface area contributed by atoms with E-state index in [9.17, 15) is 15.0 Å². The molecular weight excluding hydrogens is 236 g/mol. The first-order valence-electron chi connectivity index (χ1n) is 5.62. The fraction of sp³-hybridized carbons (Fsp3) is 0.417. The van der Waals surface area contributed by atoms with Crippen LogP contribution in [0.1, 0.15) is 10.4 Å². The molecule has 18 heavy (non-hydrogen) atoms. The van der Waals surface area contributed by atoms with Crippen LogP contribution in [0.5, 0.6) is 5.75 Å². The molecule has 0 radical (unpaired) electrons. The number of nitrogens with zero attached hydrogens (tertiary/aromatic N) is 1. The number of β-amino-alcohol motifs (C(OH)–C–C–N with tert-alkyl or cyclic N) is 2. The van der Waals surface area contributed by atoms with E-state index in [0.717, 1.165) is 0 Å². The molecule has 0 spiro atoms. The fourth-order valence-electron chi connectivity index (χ4n) is 1.95. The van der Waals surface area contributed by atoms with Gasteiger partial charge in [0.1, 0.15) is 5.75 Å². The number of nitrogen functional groups attached to an aromatic ring is 1. The van der Waals surface area contributed by atoms with Gasteiger partial charge in [0.15, 0.2) is 0 Å². The van der Waals surface area contributed by atoms with Crippen molar-refractivity contribution in [1.29, 1.82) is 0 Å². The number of carbonyl (C=O) groups is 1. The van der Waals surface area contributed by atoms with Gasteiger partial charge in [0.2, 0.25) is 0 Å². The van der Waals surface area contributed by atoms with Gasteiger partial charge in [0.25, 0.3) is 5.91 Å². The van der Waals surface area contributed by atoms with E-state index in [2.05, 4.69) is 0 Å². The maximum Gasteiger partial charge on any atom is 0.256 e. The molecule has 6 heteroatoms. The molecule has 98 valence electrons. The highest BCUT2D eigenvalue weighted by molar-refractivity contribution is 5.99. The van der Waals surface area contributed by atoms with Crippen LogP contribution in [0.3, 0.4) is 0 Å². The number of likely N-dealkylation sites (tertiary alicyclic amines) is 1. The van der Waals surface area contributed by atoms with E-state index in [1.165, 1.54) is 12.0 Å².